The maximum atomic E-state index is 12.6. The van der Waals surface area contributed by atoms with Crippen LogP contribution in [0, 0.1) is 0 Å². The van der Waals surface area contributed by atoms with Crippen LogP contribution in [0.4, 0.5) is 0 Å². The van der Waals surface area contributed by atoms with Crippen LogP contribution in [0.1, 0.15) is 18.1 Å². The van der Waals surface area contributed by atoms with Crippen LogP contribution in [-0.4, -0.2) is 46.2 Å². The minimum absolute atomic E-state index is 0.198. The van der Waals surface area contributed by atoms with Crippen LogP contribution in [0.5, 0.6) is 0 Å². The number of carboxylic acid groups (broad SMARTS) is 2. The number of rotatable bonds is 10. The van der Waals surface area contributed by atoms with Gasteiger partial charge in [-0.2, -0.15) is 0 Å². The molecule has 2 aromatic rings. The van der Waals surface area contributed by atoms with Crippen LogP contribution in [0.25, 0.3) is 0 Å². The molecule has 0 heterocycles. The fourth-order valence-corrected chi connectivity index (χ4v) is 2.76. The number of nitrogens with one attached hydrogen (secondary N) is 2. The molecule has 7 heteroatoms. The van der Waals surface area contributed by atoms with Gasteiger partial charge in [0, 0.05) is 0 Å². The maximum Gasteiger partial charge on any atom is 0.325 e. The van der Waals surface area contributed by atoms with Crippen LogP contribution in [-0.2, 0) is 27.2 Å². The highest BCUT2D eigenvalue weighted by atomic mass is 16.4. The van der Waals surface area contributed by atoms with Gasteiger partial charge in [0.1, 0.15) is 12.1 Å². The molecule has 0 bridgehead atoms. The van der Waals surface area contributed by atoms with E-state index >= 15 is 0 Å². The van der Waals surface area contributed by atoms with Crippen LogP contribution >= 0.6 is 0 Å². The highest BCUT2D eigenvalue weighted by Crippen LogP contribution is 2.08. The number of carbonyl (C=O) groups excluding carboxylic acids is 1. The van der Waals surface area contributed by atoms with Crippen molar-refractivity contribution in [1.82, 2.24) is 10.6 Å². The van der Waals surface area contributed by atoms with E-state index in [1.165, 1.54) is 6.92 Å². The second-order valence-electron chi connectivity index (χ2n) is 6.56. The molecule has 7 nitrogen and oxygen atoms in total. The zero-order valence-electron chi connectivity index (χ0n) is 15.5. The standard InChI is InChI=1S/C21H24N2O5/c1-14(20(25)26)22-19(24)17(12-15-8-4-2-5-9-15)23-18(21(27)28)13-16-10-6-3-7-11-16/h2-11,14,17-18,23H,12-13H2,1H3,(H,22,24)(H,25,26)(H,27,28)/t14?,17-,18+/m0/s1. The third kappa shape index (κ3) is 6.51. The van der Waals surface area contributed by atoms with Gasteiger partial charge in [-0.1, -0.05) is 60.7 Å². The summed E-state index contributed by atoms with van der Waals surface area (Å²) in [6, 6.07) is 15.3. The minimum Gasteiger partial charge on any atom is -0.480 e. The second kappa shape index (κ2) is 10.2. The fraction of sp³-hybridized carbons (Fsp3) is 0.286. The van der Waals surface area contributed by atoms with E-state index in [-0.39, 0.29) is 12.8 Å². The van der Waals surface area contributed by atoms with Crippen molar-refractivity contribution in [3.05, 3.63) is 71.8 Å². The van der Waals surface area contributed by atoms with Gasteiger partial charge >= 0.3 is 11.9 Å². The summed E-state index contributed by atoms with van der Waals surface area (Å²) >= 11 is 0. The van der Waals surface area contributed by atoms with E-state index in [0.717, 1.165) is 11.1 Å². The van der Waals surface area contributed by atoms with E-state index in [0.29, 0.717) is 0 Å². The molecule has 4 N–H and O–H groups in total. The molecule has 0 aromatic heterocycles. The third-order valence-electron chi connectivity index (χ3n) is 4.31. The monoisotopic (exact) mass is 384 g/mol. The SMILES string of the molecule is CC(NC(=O)[C@H](Cc1ccccc1)N[C@H](Cc1ccccc1)C(=O)O)C(=O)O. The van der Waals surface area contributed by atoms with Crippen LogP contribution in [0.2, 0.25) is 0 Å². The number of carboxylic acids is 2. The number of aliphatic carboxylic acids is 2. The number of hydrogen-bond donors (Lipinski definition) is 4. The first-order valence-corrected chi connectivity index (χ1v) is 8.96. The molecule has 0 fully saturated rings. The predicted octanol–water partition coefficient (Wildman–Crippen LogP) is 1.47. The van der Waals surface area contributed by atoms with Crippen LogP contribution in [0.15, 0.2) is 60.7 Å². The lowest BCUT2D eigenvalue weighted by atomic mass is 10.0. The summed E-state index contributed by atoms with van der Waals surface area (Å²) in [5.41, 5.74) is 1.65. The Morgan fingerprint density at radius 2 is 1.25 bits per heavy atom. The Morgan fingerprint density at radius 1 is 0.786 bits per heavy atom. The predicted molar refractivity (Wildman–Crippen MR) is 104 cm³/mol. The van der Waals surface area contributed by atoms with Crippen molar-refractivity contribution in [3.63, 3.8) is 0 Å². The molecule has 3 atom stereocenters. The maximum absolute atomic E-state index is 12.6. The van der Waals surface area contributed by atoms with E-state index in [2.05, 4.69) is 10.6 Å². The Bertz CT molecular complexity index is 795. The molecule has 1 unspecified atom stereocenters. The first kappa shape index (κ1) is 21.1. The summed E-state index contributed by atoms with van der Waals surface area (Å²) in [5, 5.41) is 24.0. The Kier molecular flexibility index (Phi) is 7.71. The van der Waals surface area contributed by atoms with Gasteiger partial charge in [0.25, 0.3) is 0 Å². The molecule has 0 saturated carbocycles. The van der Waals surface area contributed by atoms with Crippen LogP contribution < -0.4 is 10.6 Å². The van der Waals surface area contributed by atoms with Gasteiger partial charge in [0.2, 0.25) is 5.91 Å². The molecule has 2 aromatic carbocycles. The van der Waals surface area contributed by atoms with E-state index in [4.69, 9.17) is 5.11 Å². The lowest BCUT2D eigenvalue weighted by Crippen LogP contribution is -2.55. The zero-order valence-corrected chi connectivity index (χ0v) is 15.5. The summed E-state index contributed by atoms with van der Waals surface area (Å²) in [4.78, 5) is 35.5. The first-order chi connectivity index (χ1) is 13.4. The highest BCUT2D eigenvalue weighted by Gasteiger charge is 2.28. The Balaban J connectivity index is 2.18. The molecule has 1 amide bonds. The average Bonchev–Trinajstić information content (AvgIpc) is 2.68. The highest BCUT2D eigenvalue weighted by molar-refractivity contribution is 5.87. The van der Waals surface area contributed by atoms with Crippen molar-refractivity contribution in [2.75, 3.05) is 0 Å². The molecule has 2 rings (SSSR count). The summed E-state index contributed by atoms with van der Waals surface area (Å²) in [5.74, 6) is -2.80. The number of carbonyl (C=O) groups is 3. The first-order valence-electron chi connectivity index (χ1n) is 8.96. The molecule has 28 heavy (non-hydrogen) atoms. The molecule has 0 aliphatic carbocycles. The van der Waals surface area contributed by atoms with Crippen molar-refractivity contribution >= 4 is 17.8 Å². The molecule has 0 spiro atoms. The molecule has 0 aliphatic rings. The molecule has 0 saturated heterocycles. The van der Waals surface area contributed by atoms with Crippen molar-refractivity contribution in [2.45, 2.75) is 37.9 Å². The van der Waals surface area contributed by atoms with Crippen molar-refractivity contribution < 1.29 is 24.6 Å². The van der Waals surface area contributed by atoms with Crippen molar-refractivity contribution in [3.8, 4) is 0 Å². The summed E-state index contributed by atoms with van der Waals surface area (Å²) in [6.45, 7) is 1.36. The molecule has 148 valence electrons. The van der Waals surface area contributed by atoms with Crippen LogP contribution in [0.3, 0.4) is 0 Å². The van der Waals surface area contributed by atoms with Gasteiger partial charge in [0.05, 0.1) is 6.04 Å². The topological polar surface area (TPSA) is 116 Å². The number of benzene rings is 2. The molecule has 0 aliphatic heterocycles. The normalized spacial score (nSPS) is 13.9. The smallest absolute Gasteiger partial charge is 0.325 e. The lowest BCUT2D eigenvalue weighted by molar-refractivity contribution is -0.142. The largest absolute Gasteiger partial charge is 0.480 e. The van der Waals surface area contributed by atoms with Gasteiger partial charge < -0.3 is 15.5 Å². The molecular formula is C21H24N2O5. The van der Waals surface area contributed by atoms with E-state index < -0.39 is 36.0 Å². The Labute approximate surface area is 163 Å². The molecular weight excluding hydrogens is 360 g/mol. The summed E-state index contributed by atoms with van der Waals surface area (Å²) in [7, 11) is 0. The number of amides is 1. The summed E-state index contributed by atoms with van der Waals surface area (Å²) in [6.07, 6.45) is 0.431. The fourth-order valence-electron chi connectivity index (χ4n) is 2.76. The Morgan fingerprint density at radius 3 is 1.68 bits per heavy atom. The quantitative estimate of drug-likeness (QED) is 0.493. The van der Waals surface area contributed by atoms with Gasteiger partial charge in [-0.3, -0.25) is 19.7 Å². The minimum atomic E-state index is -1.16. The second-order valence-corrected chi connectivity index (χ2v) is 6.56. The Hall–Kier alpha value is -3.19. The van der Waals surface area contributed by atoms with Crippen molar-refractivity contribution in [2.24, 2.45) is 0 Å². The van der Waals surface area contributed by atoms with Gasteiger partial charge in [-0.15, -0.1) is 0 Å². The lowest BCUT2D eigenvalue weighted by Gasteiger charge is -2.24. The third-order valence-corrected chi connectivity index (χ3v) is 4.31. The number of hydrogen-bond acceptors (Lipinski definition) is 4. The summed E-state index contributed by atoms with van der Waals surface area (Å²) < 4.78 is 0. The van der Waals surface area contributed by atoms with Crippen molar-refractivity contribution in [1.29, 1.82) is 0 Å². The average molecular weight is 384 g/mol. The van der Waals surface area contributed by atoms with Gasteiger partial charge in [-0.25, -0.2) is 0 Å². The van der Waals surface area contributed by atoms with E-state index in [9.17, 15) is 19.5 Å². The molecule has 0 radical (unpaired) electrons. The van der Waals surface area contributed by atoms with Gasteiger partial charge in [-0.05, 0) is 30.9 Å². The zero-order chi connectivity index (χ0) is 20.5. The van der Waals surface area contributed by atoms with Gasteiger partial charge in [0.15, 0.2) is 0 Å². The van der Waals surface area contributed by atoms with E-state index in [1.807, 2.05) is 60.7 Å². The van der Waals surface area contributed by atoms with E-state index in [1.54, 1.807) is 0 Å².